The normalized spacial score (nSPS) is 15.5. The Labute approximate surface area is 173 Å². The predicted molar refractivity (Wildman–Crippen MR) is 111 cm³/mol. The van der Waals surface area contributed by atoms with Crippen molar-refractivity contribution in [3.05, 3.63) is 74.0 Å². The Morgan fingerprint density at radius 3 is 2.44 bits per heavy atom. The van der Waals surface area contributed by atoms with Crippen molar-refractivity contribution in [2.75, 3.05) is 13.1 Å². The SMILES string of the molecule is O=C(NCCN1C(=O)SC(=Cc2ccc(F)cc2)C1=O)c1ccc(I)cc1. The molecule has 0 aliphatic carbocycles. The van der Waals surface area contributed by atoms with E-state index >= 15 is 0 Å². The van der Waals surface area contributed by atoms with Gasteiger partial charge in [-0.15, -0.1) is 0 Å². The molecule has 3 amide bonds. The smallest absolute Gasteiger partial charge is 0.293 e. The lowest BCUT2D eigenvalue weighted by atomic mass is 10.2. The van der Waals surface area contributed by atoms with Gasteiger partial charge in [0.25, 0.3) is 17.1 Å². The molecule has 0 saturated carbocycles. The first-order chi connectivity index (χ1) is 12.9. The van der Waals surface area contributed by atoms with Crippen LogP contribution >= 0.6 is 34.4 Å². The maximum Gasteiger partial charge on any atom is 0.293 e. The Kier molecular flexibility index (Phi) is 6.27. The van der Waals surface area contributed by atoms with E-state index in [2.05, 4.69) is 27.9 Å². The fraction of sp³-hybridized carbons (Fsp3) is 0.105. The second-order valence-corrected chi connectivity index (χ2v) is 7.89. The van der Waals surface area contributed by atoms with Crippen LogP contribution in [0.3, 0.4) is 0 Å². The number of carbonyl (C=O) groups excluding carboxylic acids is 3. The summed E-state index contributed by atoms with van der Waals surface area (Å²) in [7, 11) is 0. The largest absolute Gasteiger partial charge is 0.350 e. The van der Waals surface area contributed by atoms with Crippen molar-refractivity contribution in [3.8, 4) is 0 Å². The van der Waals surface area contributed by atoms with Crippen LogP contribution in [0.25, 0.3) is 6.08 Å². The standard InChI is InChI=1S/C19H14FIN2O3S/c20-14-5-1-12(2-6-14)11-16-18(25)23(19(26)27-16)10-9-22-17(24)13-3-7-15(21)8-4-13/h1-8,11H,9-10H2,(H,22,24). The van der Waals surface area contributed by atoms with Gasteiger partial charge in [0.2, 0.25) is 0 Å². The zero-order valence-electron chi connectivity index (χ0n) is 13.9. The maximum atomic E-state index is 13.0. The number of carbonyl (C=O) groups is 3. The molecule has 8 heteroatoms. The van der Waals surface area contributed by atoms with Crippen molar-refractivity contribution in [2.45, 2.75) is 0 Å². The number of halogens is 2. The van der Waals surface area contributed by atoms with E-state index in [4.69, 9.17) is 0 Å². The molecule has 1 aliphatic heterocycles. The molecule has 0 aromatic heterocycles. The molecule has 0 atom stereocenters. The van der Waals surface area contributed by atoms with Crippen LogP contribution in [-0.4, -0.2) is 35.0 Å². The molecule has 5 nitrogen and oxygen atoms in total. The van der Waals surface area contributed by atoms with E-state index in [-0.39, 0.29) is 29.7 Å². The van der Waals surface area contributed by atoms with Crippen LogP contribution in [0.2, 0.25) is 0 Å². The van der Waals surface area contributed by atoms with Crippen molar-refractivity contribution in [2.24, 2.45) is 0 Å². The molecule has 2 aromatic rings. The van der Waals surface area contributed by atoms with Gasteiger partial charge in [-0.1, -0.05) is 12.1 Å². The number of nitrogens with one attached hydrogen (secondary N) is 1. The third kappa shape index (κ3) is 4.95. The van der Waals surface area contributed by atoms with Crippen LogP contribution in [0.4, 0.5) is 9.18 Å². The summed E-state index contributed by atoms with van der Waals surface area (Å²) >= 11 is 2.98. The van der Waals surface area contributed by atoms with E-state index in [1.54, 1.807) is 18.2 Å². The van der Waals surface area contributed by atoms with Gasteiger partial charge in [0.15, 0.2) is 0 Å². The van der Waals surface area contributed by atoms with Crippen LogP contribution in [0.1, 0.15) is 15.9 Å². The molecule has 3 rings (SSSR count). The first-order valence-corrected chi connectivity index (χ1v) is 9.88. The molecule has 2 aromatic carbocycles. The average molecular weight is 496 g/mol. The van der Waals surface area contributed by atoms with Crippen molar-refractivity contribution >= 4 is 57.5 Å². The number of amides is 3. The van der Waals surface area contributed by atoms with Gasteiger partial charge >= 0.3 is 0 Å². The average Bonchev–Trinajstić information content (AvgIpc) is 2.91. The first-order valence-electron chi connectivity index (χ1n) is 7.99. The monoisotopic (exact) mass is 496 g/mol. The summed E-state index contributed by atoms with van der Waals surface area (Å²) in [6.07, 6.45) is 1.55. The Morgan fingerprint density at radius 1 is 1.11 bits per heavy atom. The Morgan fingerprint density at radius 2 is 1.78 bits per heavy atom. The lowest BCUT2D eigenvalue weighted by molar-refractivity contribution is -0.122. The number of hydrogen-bond donors (Lipinski definition) is 1. The van der Waals surface area contributed by atoms with Crippen LogP contribution in [0.5, 0.6) is 0 Å². The fourth-order valence-electron chi connectivity index (χ4n) is 2.39. The fourth-order valence-corrected chi connectivity index (χ4v) is 3.61. The molecule has 0 bridgehead atoms. The van der Waals surface area contributed by atoms with Gasteiger partial charge in [-0.25, -0.2) is 4.39 Å². The summed E-state index contributed by atoms with van der Waals surface area (Å²) in [6.45, 7) is 0.244. The summed E-state index contributed by atoms with van der Waals surface area (Å²) in [4.78, 5) is 37.9. The van der Waals surface area contributed by atoms with Gasteiger partial charge in [-0.3, -0.25) is 19.3 Å². The molecular formula is C19H14FIN2O3S. The molecule has 0 unspecified atom stereocenters. The van der Waals surface area contributed by atoms with Gasteiger partial charge in [0, 0.05) is 22.2 Å². The van der Waals surface area contributed by atoms with Crippen molar-refractivity contribution < 1.29 is 18.8 Å². The molecule has 1 heterocycles. The summed E-state index contributed by atoms with van der Waals surface area (Å²) in [6, 6.07) is 12.7. The minimum Gasteiger partial charge on any atom is -0.350 e. The molecule has 1 aliphatic rings. The minimum absolute atomic E-state index is 0.0849. The second-order valence-electron chi connectivity index (χ2n) is 5.65. The highest BCUT2D eigenvalue weighted by Crippen LogP contribution is 2.31. The lowest BCUT2D eigenvalue weighted by Crippen LogP contribution is -2.37. The van der Waals surface area contributed by atoms with E-state index in [1.807, 2.05) is 12.1 Å². The number of hydrogen-bond acceptors (Lipinski definition) is 4. The number of imide groups is 1. The highest BCUT2D eigenvalue weighted by molar-refractivity contribution is 14.1. The van der Waals surface area contributed by atoms with Gasteiger partial charge in [-0.05, 0) is 82.4 Å². The van der Waals surface area contributed by atoms with Crippen LogP contribution in [0, 0.1) is 9.39 Å². The zero-order valence-corrected chi connectivity index (χ0v) is 16.9. The number of benzene rings is 2. The summed E-state index contributed by atoms with van der Waals surface area (Å²) in [5.74, 6) is -1.05. The van der Waals surface area contributed by atoms with Crippen LogP contribution < -0.4 is 5.32 Å². The third-order valence-corrected chi connectivity index (χ3v) is 5.40. The predicted octanol–water partition coefficient (Wildman–Crippen LogP) is 3.90. The first kappa shape index (κ1) is 19.6. The highest BCUT2D eigenvalue weighted by Gasteiger charge is 2.34. The Hall–Kier alpha value is -2.20. The Balaban J connectivity index is 1.58. The van der Waals surface area contributed by atoms with E-state index in [0.717, 1.165) is 20.2 Å². The van der Waals surface area contributed by atoms with E-state index in [9.17, 15) is 18.8 Å². The molecule has 0 spiro atoms. The molecule has 27 heavy (non-hydrogen) atoms. The molecule has 138 valence electrons. The number of nitrogens with zero attached hydrogens (tertiary/aromatic N) is 1. The van der Waals surface area contributed by atoms with Gasteiger partial charge in [-0.2, -0.15) is 0 Å². The molecular weight excluding hydrogens is 482 g/mol. The van der Waals surface area contributed by atoms with E-state index < -0.39 is 11.1 Å². The molecule has 1 saturated heterocycles. The van der Waals surface area contributed by atoms with Crippen LogP contribution in [-0.2, 0) is 4.79 Å². The number of thioether (sulfide) groups is 1. The maximum absolute atomic E-state index is 13.0. The van der Waals surface area contributed by atoms with Crippen molar-refractivity contribution in [3.63, 3.8) is 0 Å². The minimum atomic E-state index is -0.419. The third-order valence-electron chi connectivity index (χ3n) is 3.77. The lowest BCUT2D eigenvalue weighted by Gasteiger charge is -2.13. The highest BCUT2D eigenvalue weighted by atomic mass is 127. The van der Waals surface area contributed by atoms with Gasteiger partial charge in [0.1, 0.15) is 5.82 Å². The molecule has 0 radical (unpaired) electrons. The summed E-state index contributed by atoms with van der Waals surface area (Å²) in [5.41, 5.74) is 1.15. The van der Waals surface area contributed by atoms with Crippen molar-refractivity contribution in [1.82, 2.24) is 10.2 Å². The second kappa shape index (κ2) is 8.66. The van der Waals surface area contributed by atoms with Gasteiger partial charge in [0.05, 0.1) is 4.91 Å². The van der Waals surface area contributed by atoms with E-state index in [0.29, 0.717) is 11.1 Å². The number of rotatable bonds is 5. The van der Waals surface area contributed by atoms with Gasteiger partial charge < -0.3 is 5.32 Å². The van der Waals surface area contributed by atoms with Crippen molar-refractivity contribution in [1.29, 1.82) is 0 Å². The molecule has 1 fully saturated rings. The van der Waals surface area contributed by atoms with Crippen LogP contribution in [0.15, 0.2) is 53.4 Å². The summed E-state index contributed by atoms with van der Waals surface area (Å²) < 4.78 is 14.0. The molecule has 1 N–H and O–H groups in total. The summed E-state index contributed by atoms with van der Waals surface area (Å²) in [5, 5.41) is 2.31. The quantitative estimate of drug-likeness (QED) is 0.504. The van der Waals surface area contributed by atoms with E-state index in [1.165, 1.54) is 24.3 Å². The zero-order chi connectivity index (χ0) is 19.4. The topological polar surface area (TPSA) is 66.5 Å². The Bertz CT molecular complexity index is 914.